The zero-order chi connectivity index (χ0) is 35.1. The highest BCUT2D eigenvalue weighted by Gasteiger charge is 2.46. The van der Waals surface area contributed by atoms with E-state index in [-0.39, 0.29) is 10.9 Å². The molecular weight excluding hydrogens is 628 g/mol. The Morgan fingerprint density at radius 3 is 1.80 bits per heavy atom. The van der Waals surface area contributed by atoms with Gasteiger partial charge < -0.3 is 36.0 Å². The van der Waals surface area contributed by atoms with Crippen LogP contribution in [0.5, 0.6) is 5.75 Å². The Hall–Kier alpha value is -4.29. The molecule has 0 saturated carbocycles. The number of piperidine rings is 3. The summed E-state index contributed by atoms with van der Waals surface area (Å²) in [5.74, 6) is -2.99. The number of hydrogen-bond acceptors (Lipinski definition) is 7. The molecule has 2 unspecified atom stereocenters. The number of carboxylic acid groups (broad SMARTS) is 3. The van der Waals surface area contributed by atoms with Crippen molar-refractivity contribution in [2.45, 2.75) is 82.0 Å². The highest BCUT2D eigenvalue weighted by atomic mass is 16.5. The molecular formula is C38H50N2O9. The van der Waals surface area contributed by atoms with Crippen LogP contribution in [-0.2, 0) is 26.3 Å². The van der Waals surface area contributed by atoms with Gasteiger partial charge in [-0.3, -0.25) is 14.5 Å². The standard InChI is InChI=1S/C32H40N2O.C6H8O7.H2O/c1-32(2,3)27-15-16-28(35-4)26(21-27)22-33-30-25-17-19-34(20-18-25)31(30)29(23-11-7-5-8-12-23)24-13-9-6-10-14-24;7-3(8)1-6(13,5(11)12)2-4(9)10;/h5-16,21,25,29-31,33H,17-20,22H2,1-4H3;13H,1-2H2,(H,7,8)(H,9,10)(H,11,12);1H2. The molecule has 0 aliphatic carbocycles. The molecule has 6 rings (SSSR count). The third-order valence-electron chi connectivity index (χ3n) is 9.49. The minimum Gasteiger partial charge on any atom is -0.496 e. The molecule has 0 spiro atoms. The monoisotopic (exact) mass is 678 g/mol. The van der Waals surface area contributed by atoms with Crippen molar-refractivity contribution in [3.05, 3.63) is 101 Å². The molecule has 3 fully saturated rings. The number of benzene rings is 3. The van der Waals surface area contributed by atoms with Gasteiger partial charge in [-0.1, -0.05) is 93.6 Å². The van der Waals surface area contributed by atoms with E-state index in [0.29, 0.717) is 23.9 Å². The van der Waals surface area contributed by atoms with Gasteiger partial charge in [0.2, 0.25) is 0 Å². The number of carbonyl (C=O) groups is 3. The van der Waals surface area contributed by atoms with E-state index in [2.05, 4.69) is 110 Å². The number of nitrogens with one attached hydrogen (secondary N) is 1. The molecule has 0 radical (unpaired) electrons. The van der Waals surface area contributed by atoms with Gasteiger partial charge in [-0.05, 0) is 60.0 Å². The normalized spacial score (nSPS) is 20.0. The molecule has 2 atom stereocenters. The summed E-state index contributed by atoms with van der Waals surface area (Å²) >= 11 is 0. The second kappa shape index (κ2) is 16.9. The minimum atomic E-state index is -2.74. The molecule has 11 heteroatoms. The fourth-order valence-electron chi connectivity index (χ4n) is 7.02. The van der Waals surface area contributed by atoms with Crippen molar-refractivity contribution in [1.29, 1.82) is 0 Å². The first-order valence-corrected chi connectivity index (χ1v) is 16.4. The Kier molecular flexibility index (Phi) is 13.5. The summed E-state index contributed by atoms with van der Waals surface area (Å²) in [4.78, 5) is 33.2. The van der Waals surface area contributed by atoms with Crippen LogP contribution < -0.4 is 10.1 Å². The summed E-state index contributed by atoms with van der Waals surface area (Å²) in [5, 5.41) is 37.9. The Morgan fingerprint density at radius 2 is 1.37 bits per heavy atom. The van der Waals surface area contributed by atoms with Crippen molar-refractivity contribution in [3.8, 4) is 5.75 Å². The van der Waals surface area contributed by atoms with Crippen molar-refractivity contribution >= 4 is 17.9 Å². The van der Waals surface area contributed by atoms with Crippen LogP contribution in [0.4, 0.5) is 0 Å². The second-order valence-electron chi connectivity index (χ2n) is 13.8. The first kappa shape index (κ1) is 39.2. The number of methoxy groups -OCH3 is 1. The summed E-state index contributed by atoms with van der Waals surface area (Å²) in [5.41, 5.74) is 2.81. The van der Waals surface area contributed by atoms with Crippen LogP contribution >= 0.6 is 0 Å². The molecule has 3 aliphatic heterocycles. The van der Waals surface area contributed by atoms with Gasteiger partial charge in [-0.2, -0.15) is 0 Å². The maximum atomic E-state index is 10.3. The van der Waals surface area contributed by atoms with Crippen molar-refractivity contribution in [2.24, 2.45) is 5.92 Å². The molecule has 7 N–H and O–H groups in total. The largest absolute Gasteiger partial charge is 0.496 e. The summed E-state index contributed by atoms with van der Waals surface area (Å²) < 4.78 is 5.78. The van der Waals surface area contributed by atoms with Gasteiger partial charge in [0.25, 0.3) is 0 Å². The molecule has 3 aliphatic rings. The highest BCUT2D eigenvalue weighted by Crippen LogP contribution is 2.42. The first-order chi connectivity index (χ1) is 22.7. The fraction of sp³-hybridized carbons (Fsp3) is 0.447. The molecule has 3 saturated heterocycles. The third-order valence-corrected chi connectivity index (χ3v) is 9.49. The predicted octanol–water partition coefficient (Wildman–Crippen LogP) is 4.30. The van der Waals surface area contributed by atoms with Crippen molar-refractivity contribution in [2.75, 3.05) is 20.2 Å². The number of fused-ring (bicyclic) bond motifs is 3. The molecule has 3 aromatic carbocycles. The molecule has 266 valence electrons. The van der Waals surface area contributed by atoms with Crippen LogP contribution in [0.25, 0.3) is 0 Å². The zero-order valence-electron chi connectivity index (χ0n) is 28.6. The van der Waals surface area contributed by atoms with Crippen molar-refractivity contribution < 1.29 is 45.0 Å². The van der Waals surface area contributed by atoms with E-state index >= 15 is 0 Å². The zero-order valence-corrected chi connectivity index (χ0v) is 28.6. The Bertz CT molecular complexity index is 1480. The number of hydrogen-bond donors (Lipinski definition) is 5. The molecule has 2 bridgehead atoms. The van der Waals surface area contributed by atoms with Crippen LogP contribution in [0, 0.1) is 5.92 Å². The van der Waals surface area contributed by atoms with E-state index in [1.807, 2.05) is 0 Å². The van der Waals surface area contributed by atoms with Gasteiger partial charge >= 0.3 is 17.9 Å². The summed E-state index contributed by atoms with van der Waals surface area (Å²) in [6.45, 7) is 10.1. The van der Waals surface area contributed by atoms with Crippen LogP contribution in [0.2, 0.25) is 0 Å². The Labute approximate surface area is 287 Å². The maximum absolute atomic E-state index is 10.3. The van der Waals surface area contributed by atoms with Gasteiger partial charge in [0.05, 0.1) is 20.0 Å². The number of nitrogens with zero attached hydrogens (tertiary/aromatic N) is 1. The third kappa shape index (κ3) is 9.88. The Morgan fingerprint density at radius 1 is 0.857 bits per heavy atom. The fourth-order valence-corrected chi connectivity index (χ4v) is 7.02. The van der Waals surface area contributed by atoms with Crippen LogP contribution in [0.3, 0.4) is 0 Å². The van der Waals surface area contributed by atoms with Crippen LogP contribution in [0.15, 0.2) is 78.9 Å². The lowest BCUT2D eigenvalue weighted by atomic mass is 9.70. The van der Waals surface area contributed by atoms with Crippen LogP contribution in [0.1, 0.15) is 74.6 Å². The second-order valence-corrected chi connectivity index (χ2v) is 13.8. The first-order valence-electron chi connectivity index (χ1n) is 16.4. The molecule has 49 heavy (non-hydrogen) atoms. The van der Waals surface area contributed by atoms with Gasteiger partial charge in [-0.25, -0.2) is 4.79 Å². The average molecular weight is 679 g/mol. The van der Waals surface area contributed by atoms with E-state index in [1.165, 1.54) is 48.2 Å². The van der Waals surface area contributed by atoms with Crippen LogP contribution in [-0.4, -0.2) is 86.6 Å². The van der Waals surface area contributed by atoms with E-state index in [0.717, 1.165) is 12.3 Å². The number of aliphatic carboxylic acids is 3. The molecule has 0 amide bonds. The Balaban J connectivity index is 0.000000398. The summed E-state index contributed by atoms with van der Waals surface area (Å²) in [6.07, 6.45) is 0.274. The lowest BCUT2D eigenvalue weighted by Crippen LogP contribution is -2.64. The van der Waals surface area contributed by atoms with Gasteiger partial charge in [0.15, 0.2) is 5.60 Å². The number of carboxylic acids is 3. The lowest BCUT2D eigenvalue weighted by Gasteiger charge is -2.54. The van der Waals surface area contributed by atoms with Crippen molar-refractivity contribution in [3.63, 3.8) is 0 Å². The molecule has 3 aromatic rings. The number of ether oxygens (including phenoxy) is 1. The summed E-state index contributed by atoms with van der Waals surface area (Å²) in [6, 6.07) is 29.8. The van der Waals surface area contributed by atoms with Gasteiger partial charge in [0.1, 0.15) is 5.75 Å². The van der Waals surface area contributed by atoms with E-state index in [9.17, 15) is 14.4 Å². The van der Waals surface area contributed by atoms with Crippen molar-refractivity contribution in [1.82, 2.24) is 10.2 Å². The van der Waals surface area contributed by atoms with E-state index in [4.69, 9.17) is 25.2 Å². The number of rotatable bonds is 12. The highest BCUT2D eigenvalue weighted by molar-refractivity contribution is 5.88. The number of aliphatic hydroxyl groups is 1. The SMILES string of the molecule is COc1ccc(C(C)(C)C)cc1CNC1C2CCN(CC2)C1C(c1ccccc1)c1ccccc1.O.O=C(O)CC(O)(CC(=O)O)C(=O)O. The van der Waals surface area contributed by atoms with Gasteiger partial charge in [0, 0.05) is 30.1 Å². The molecule has 11 nitrogen and oxygen atoms in total. The predicted molar refractivity (Wildman–Crippen MR) is 186 cm³/mol. The smallest absolute Gasteiger partial charge is 0.336 e. The molecule has 0 aromatic heterocycles. The molecule has 3 heterocycles. The minimum absolute atomic E-state index is 0. The topological polar surface area (TPSA) is 188 Å². The lowest BCUT2D eigenvalue weighted by molar-refractivity contribution is -0.170. The maximum Gasteiger partial charge on any atom is 0.336 e. The van der Waals surface area contributed by atoms with Gasteiger partial charge in [-0.15, -0.1) is 0 Å². The van der Waals surface area contributed by atoms with E-state index in [1.54, 1.807) is 7.11 Å². The summed E-state index contributed by atoms with van der Waals surface area (Å²) in [7, 11) is 1.79. The average Bonchev–Trinajstić information content (AvgIpc) is 3.04. The quantitative estimate of drug-likeness (QED) is 0.185. The van der Waals surface area contributed by atoms with E-state index < -0.39 is 36.4 Å².